The van der Waals surface area contributed by atoms with Crippen molar-refractivity contribution in [2.45, 2.75) is 6.42 Å². The summed E-state index contributed by atoms with van der Waals surface area (Å²) in [5.41, 5.74) is 0. The largest absolute Gasteiger partial charge is 0.272 e. The van der Waals surface area contributed by atoms with Gasteiger partial charge in [0.1, 0.15) is 5.92 Å². The fraction of sp³-hybridized carbons (Fsp3) is 0.400. The van der Waals surface area contributed by atoms with Gasteiger partial charge in [0, 0.05) is 0 Å². The van der Waals surface area contributed by atoms with Gasteiger partial charge in [-0.05, 0) is 0 Å². The molecule has 9 heavy (non-hydrogen) atoms. The minimum absolute atomic E-state index is 0.0324. The maximum atomic E-state index is 10.4. The van der Waals surface area contributed by atoms with Crippen molar-refractivity contribution in [2.75, 3.05) is 0 Å². The lowest BCUT2D eigenvalue weighted by atomic mass is 10.1. The van der Waals surface area contributed by atoms with Gasteiger partial charge in [0.25, 0.3) is 11.8 Å². The first-order chi connectivity index (χ1) is 4.24. The molecule has 1 atom stereocenters. The van der Waals surface area contributed by atoms with Crippen molar-refractivity contribution < 1.29 is 9.59 Å². The molecule has 1 aliphatic heterocycles. The molecule has 4 heteroatoms. The van der Waals surface area contributed by atoms with Gasteiger partial charge >= 0.3 is 0 Å². The van der Waals surface area contributed by atoms with Crippen LogP contribution in [0.15, 0.2) is 0 Å². The van der Waals surface area contributed by atoms with Gasteiger partial charge in [-0.25, -0.2) is 0 Å². The van der Waals surface area contributed by atoms with E-state index in [1.807, 2.05) is 0 Å². The lowest BCUT2D eigenvalue weighted by Crippen LogP contribution is -2.13. The Morgan fingerprint density at radius 3 is 2.56 bits per heavy atom. The van der Waals surface area contributed by atoms with E-state index >= 15 is 0 Å². The number of nitrogens with zero attached hydrogens (tertiary/aromatic N) is 2. The molecule has 0 bridgehead atoms. The van der Waals surface area contributed by atoms with Gasteiger partial charge in [-0.2, -0.15) is 10.6 Å². The number of carbonyl (C=O) groups is 2. The maximum absolute atomic E-state index is 10.4. The molecule has 0 N–H and O–H groups in total. The third kappa shape index (κ3) is 0.891. The molecule has 1 unspecified atom stereocenters. The molecule has 1 aliphatic rings. The van der Waals surface area contributed by atoms with Crippen LogP contribution in [0.4, 0.5) is 0 Å². The number of hydrogen-bond acceptors (Lipinski definition) is 3. The van der Waals surface area contributed by atoms with Gasteiger partial charge in [-0.3, -0.25) is 9.59 Å². The molecule has 0 aromatic rings. The Morgan fingerprint density at radius 2 is 2.33 bits per heavy atom. The summed E-state index contributed by atoms with van der Waals surface area (Å²) in [6.07, 6.45) is -0.0324. The Labute approximate surface area is 51.5 Å². The van der Waals surface area contributed by atoms with E-state index in [2.05, 4.69) is 5.32 Å². The average Bonchev–Trinajstić information content (AvgIpc) is 2.10. The highest BCUT2D eigenvalue weighted by atomic mass is 16.2. The topological polar surface area (TPSA) is 72.0 Å². The molecule has 1 fully saturated rings. The first-order valence-corrected chi connectivity index (χ1v) is 2.42. The highest BCUT2D eigenvalue weighted by Crippen LogP contribution is 2.09. The Hall–Kier alpha value is -1.37. The molecule has 1 heterocycles. The molecular formula is C5H3N2O2. The predicted molar refractivity (Wildman–Crippen MR) is 25.9 cm³/mol. The first kappa shape index (κ1) is 5.76. The second kappa shape index (κ2) is 1.86. The monoisotopic (exact) mass is 123 g/mol. The van der Waals surface area contributed by atoms with Crippen LogP contribution in [-0.2, 0) is 9.59 Å². The lowest BCUT2D eigenvalue weighted by molar-refractivity contribution is -0.125. The average molecular weight is 123 g/mol. The summed E-state index contributed by atoms with van der Waals surface area (Å²) in [4.78, 5) is 20.7. The molecule has 1 saturated heterocycles. The highest BCUT2D eigenvalue weighted by Gasteiger charge is 2.32. The van der Waals surface area contributed by atoms with Crippen LogP contribution in [-0.4, -0.2) is 11.8 Å². The van der Waals surface area contributed by atoms with Crippen LogP contribution in [0.2, 0.25) is 0 Å². The van der Waals surface area contributed by atoms with Gasteiger partial charge < -0.3 is 0 Å². The van der Waals surface area contributed by atoms with Crippen molar-refractivity contribution in [1.29, 1.82) is 5.26 Å². The number of rotatable bonds is 0. The Balaban J connectivity index is 2.72. The van der Waals surface area contributed by atoms with Crippen molar-refractivity contribution in [3.8, 4) is 6.07 Å². The summed E-state index contributed by atoms with van der Waals surface area (Å²) in [5.74, 6) is -1.88. The smallest absolute Gasteiger partial charge is 0.266 e. The molecule has 0 aromatic carbocycles. The molecular weight excluding hydrogens is 120 g/mol. The molecule has 0 saturated carbocycles. The quantitative estimate of drug-likeness (QED) is 0.395. The van der Waals surface area contributed by atoms with Crippen molar-refractivity contribution in [3.63, 3.8) is 0 Å². The van der Waals surface area contributed by atoms with E-state index in [1.54, 1.807) is 6.07 Å². The van der Waals surface area contributed by atoms with Crippen molar-refractivity contribution >= 4 is 11.8 Å². The first-order valence-electron chi connectivity index (χ1n) is 2.42. The van der Waals surface area contributed by atoms with Gasteiger partial charge in [0.15, 0.2) is 0 Å². The van der Waals surface area contributed by atoms with E-state index in [0.29, 0.717) is 0 Å². The summed E-state index contributed by atoms with van der Waals surface area (Å²) in [5, 5.41) is 11.2. The van der Waals surface area contributed by atoms with E-state index < -0.39 is 17.7 Å². The molecule has 0 aromatic heterocycles. The third-order valence-electron chi connectivity index (χ3n) is 1.07. The number of amides is 2. The predicted octanol–water partition coefficient (Wildman–Crippen LogP) is -0.813. The number of carbonyl (C=O) groups excluding carboxylic acids is 2. The van der Waals surface area contributed by atoms with Crippen LogP contribution in [0.3, 0.4) is 0 Å². The van der Waals surface area contributed by atoms with Crippen LogP contribution in [0.1, 0.15) is 6.42 Å². The molecule has 1 radical (unpaired) electrons. The Bertz CT molecular complexity index is 203. The van der Waals surface area contributed by atoms with Gasteiger partial charge in [0.2, 0.25) is 0 Å². The van der Waals surface area contributed by atoms with Crippen LogP contribution in [0, 0.1) is 17.2 Å². The lowest BCUT2D eigenvalue weighted by Gasteiger charge is -1.83. The molecule has 45 valence electrons. The number of imide groups is 1. The van der Waals surface area contributed by atoms with Gasteiger partial charge in [-0.1, -0.05) is 0 Å². The molecule has 4 nitrogen and oxygen atoms in total. The number of hydrogen-bond donors (Lipinski definition) is 0. The van der Waals surface area contributed by atoms with Crippen molar-refractivity contribution in [3.05, 3.63) is 0 Å². The maximum Gasteiger partial charge on any atom is 0.266 e. The number of nitriles is 1. The zero-order valence-corrected chi connectivity index (χ0v) is 4.50. The molecule has 2 amide bonds. The summed E-state index contributed by atoms with van der Waals surface area (Å²) >= 11 is 0. The molecule has 1 rings (SSSR count). The molecule has 0 aliphatic carbocycles. The van der Waals surface area contributed by atoms with E-state index in [9.17, 15) is 9.59 Å². The Kier molecular flexibility index (Phi) is 1.19. The normalized spacial score (nSPS) is 25.4. The van der Waals surface area contributed by atoms with Gasteiger partial charge in [0.05, 0.1) is 12.5 Å². The van der Waals surface area contributed by atoms with Crippen LogP contribution in [0.5, 0.6) is 0 Å². The minimum atomic E-state index is -0.808. The second-order valence-electron chi connectivity index (χ2n) is 1.73. The van der Waals surface area contributed by atoms with Crippen LogP contribution >= 0.6 is 0 Å². The minimum Gasteiger partial charge on any atom is -0.272 e. The van der Waals surface area contributed by atoms with E-state index in [4.69, 9.17) is 5.26 Å². The fourth-order valence-electron chi connectivity index (χ4n) is 0.609. The molecule has 0 spiro atoms. The van der Waals surface area contributed by atoms with Crippen LogP contribution in [0.25, 0.3) is 0 Å². The third-order valence-corrected chi connectivity index (χ3v) is 1.07. The SMILES string of the molecule is N#CC1CC(=O)[N]C1=O. The van der Waals surface area contributed by atoms with E-state index in [0.717, 1.165) is 0 Å². The van der Waals surface area contributed by atoms with Gasteiger partial charge in [-0.15, -0.1) is 0 Å². The second-order valence-corrected chi connectivity index (χ2v) is 1.73. The Morgan fingerprint density at radius 1 is 1.67 bits per heavy atom. The summed E-state index contributed by atoms with van der Waals surface area (Å²) in [6, 6.07) is 1.68. The highest BCUT2D eigenvalue weighted by molar-refractivity contribution is 6.04. The summed E-state index contributed by atoms with van der Waals surface area (Å²) in [7, 11) is 0. The zero-order chi connectivity index (χ0) is 6.85. The van der Waals surface area contributed by atoms with E-state index in [1.165, 1.54) is 0 Å². The fourth-order valence-corrected chi connectivity index (χ4v) is 0.609. The van der Waals surface area contributed by atoms with Crippen molar-refractivity contribution in [1.82, 2.24) is 5.32 Å². The zero-order valence-electron chi connectivity index (χ0n) is 4.50. The summed E-state index contributed by atoms with van der Waals surface area (Å²) < 4.78 is 0. The van der Waals surface area contributed by atoms with E-state index in [-0.39, 0.29) is 6.42 Å². The van der Waals surface area contributed by atoms with Crippen LogP contribution < -0.4 is 5.32 Å². The summed E-state index contributed by atoms with van der Waals surface area (Å²) in [6.45, 7) is 0. The standard InChI is InChI=1S/C5H3N2O2/c6-2-3-1-4(8)7-5(3)9/h3H,1H2. The van der Waals surface area contributed by atoms with Crippen molar-refractivity contribution in [2.24, 2.45) is 5.92 Å².